The summed E-state index contributed by atoms with van der Waals surface area (Å²) in [4.78, 5) is 1.37. The Bertz CT molecular complexity index is 542. The van der Waals surface area contributed by atoms with Gasteiger partial charge in [0.25, 0.3) is 0 Å². The fraction of sp³-hybridized carbons (Fsp3) is 0.333. The van der Waals surface area contributed by atoms with Crippen molar-refractivity contribution < 1.29 is 14.2 Å². The number of aliphatic hydroxyl groups excluding tert-OH is 1. The minimum Gasteiger partial charge on any atom is -0.494 e. The van der Waals surface area contributed by atoms with Gasteiger partial charge in [0.15, 0.2) is 11.6 Å². The van der Waals surface area contributed by atoms with E-state index < -0.39 is 11.9 Å². The van der Waals surface area contributed by atoms with Crippen molar-refractivity contribution in [3.8, 4) is 5.75 Å². The van der Waals surface area contributed by atoms with E-state index in [9.17, 15) is 9.50 Å². The molecule has 5 nitrogen and oxygen atoms in total. The first-order valence-electron chi connectivity index (χ1n) is 5.47. The van der Waals surface area contributed by atoms with E-state index in [0.717, 1.165) is 0 Å². The van der Waals surface area contributed by atoms with Crippen LogP contribution in [-0.4, -0.2) is 27.2 Å². The Labute approximate surface area is 104 Å². The van der Waals surface area contributed by atoms with E-state index in [1.54, 1.807) is 13.1 Å². The molecular weight excluding hydrogens is 237 g/mol. The van der Waals surface area contributed by atoms with Crippen molar-refractivity contribution in [1.29, 1.82) is 0 Å². The van der Waals surface area contributed by atoms with Gasteiger partial charge in [-0.1, -0.05) is 6.07 Å². The Morgan fingerprint density at radius 1 is 1.50 bits per heavy atom. The van der Waals surface area contributed by atoms with Gasteiger partial charge >= 0.3 is 0 Å². The Kier molecular flexibility index (Phi) is 3.57. The molecule has 0 radical (unpaired) electrons. The van der Waals surface area contributed by atoms with E-state index >= 15 is 0 Å². The zero-order valence-corrected chi connectivity index (χ0v) is 10.2. The maximum Gasteiger partial charge on any atom is 0.165 e. The fourth-order valence-corrected chi connectivity index (χ4v) is 1.68. The van der Waals surface area contributed by atoms with Crippen LogP contribution >= 0.6 is 0 Å². The van der Waals surface area contributed by atoms with Gasteiger partial charge in [0.1, 0.15) is 11.8 Å². The van der Waals surface area contributed by atoms with Crippen LogP contribution < -0.4 is 4.74 Å². The minimum atomic E-state index is -0.800. The lowest BCUT2D eigenvalue weighted by molar-refractivity contribution is 0.172. The largest absolute Gasteiger partial charge is 0.494 e. The van der Waals surface area contributed by atoms with Crippen LogP contribution in [0, 0.1) is 5.82 Å². The highest BCUT2D eigenvalue weighted by Gasteiger charge is 2.13. The van der Waals surface area contributed by atoms with Crippen LogP contribution in [0.5, 0.6) is 5.75 Å². The van der Waals surface area contributed by atoms with Gasteiger partial charge in [-0.2, -0.15) is 15.0 Å². The molecule has 0 bridgehead atoms. The number of nitrogens with zero attached hydrogens (tertiary/aromatic N) is 3. The fourth-order valence-electron chi connectivity index (χ4n) is 1.68. The lowest BCUT2D eigenvalue weighted by Crippen LogP contribution is -2.04. The molecule has 2 aromatic rings. The van der Waals surface area contributed by atoms with Crippen molar-refractivity contribution in [1.82, 2.24) is 15.0 Å². The van der Waals surface area contributed by atoms with Crippen molar-refractivity contribution in [2.75, 3.05) is 7.11 Å². The van der Waals surface area contributed by atoms with Crippen LogP contribution in [0.2, 0.25) is 0 Å². The third-order valence-electron chi connectivity index (χ3n) is 2.60. The molecule has 0 saturated heterocycles. The molecule has 0 spiro atoms. The predicted octanol–water partition coefficient (Wildman–Crippen LogP) is 1.24. The van der Waals surface area contributed by atoms with Crippen LogP contribution in [0.25, 0.3) is 0 Å². The summed E-state index contributed by atoms with van der Waals surface area (Å²) in [6, 6.07) is 4.59. The highest BCUT2D eigenvalue weighted by molar-refractivity contribution is 5.30. The molecule has 0 amide bonds. The average Bonchev–Trinajstić information content (AvgIpc) is 2.76. The molecule has 0 aliphatic carbocycles. The van der Waals surface area contributed by atoms with Crippen molar-refractivity contribution in [2.24, 2.45) is 7.05 Å². The smallest absolute Gasteiger partial charge is 0.165 e. The monoisotopic (exact) mass is 251 g/mol. The summed E-state index contributed by atoms with van der Waals surface area (Å²) >= 11 is 0. The Morgan fingerprint density at radius 3 is 2.83 bits per heavy atom. The van der Waals surface area contributed by atoms with Crippen molar-refractivity contribution >= 4 is 0 Å². The van der Waals surface area contributed by atoms with E-state index in [2.05, 4.69) is 10.2 Å². The van der Waals surface area contributed by atoms with Crippen LogP contribution in [0.4, 0.5) is 4.39 Å². The molecule has 1 aromatic carbocycles. The van der Waals surface area contributed by atoms with E-state index in [1.807, 2.05) is 0 Å². The molecule has 0 fully saturated rings. The number of hydrogen-bond acceptors (Lipinski definition) is 4. The summed E-state index contributed by atoms with van der Waals surface area (Å²) in [6.45, 7) is 0. The topological polar surface area (TPSA) is 60.2 Å². The standard InChI is InChI=1S/C12H14FN3O2/c1-16-14-7-10(15-16)11(17)6-8-3-4-12(18-2)9(13)5-8/h3-5,7,11,17H,6H2,1-2H3. The maximum absolute atomic E-state index is 13.5. The van der Waals surface area contributed by atoms with Crippen molar-refractivity contribution in [2.45, 2.75) is 12.5 Å². The van der Waals surface area contributed by atoms with Gasteiger partial charge in [-0.15, -0.1) is 0 Å². The molecule has 2 rings (SSSR count). The van der Waals surface area contributed by atoms with Crippen molar-refractivity contribution in [3.63, 3.8) is 0 Å². The zero-order chi connectivity index (χ0) is 13.1. The molecular formula is C12H14FN3O2. The third kappa shape index (κ3) is 2.65. The number of aryl methyl sites for hydroxylation is 1. The average molecular weight is 251 g/mol. The lowest BCUT2D eigenvalue weighted by Gasteiger charge is -2.08. The molecule has 1 N–H and O–H groups in total. The highest BCUT2D eigenvalue weighted by atomic mass is 19.1. The van der Waals surface area contributed by atoms with Crippen LogP contribution in [-0.2, 0) is 13.5 Å². The summed E-state index contributed by atoms with van der Waals surface area (Å²) < 4.78 is 18.3. The van der Waals surface area contributed by atoms with Gasteiger partial charge in [0.05, 0.1) is 13.3 Å². The van der Waals surface area contributed by atoms with Crippen LogP contribution in [0.15, 0.2) is 24.4 Å². The molecule has 96 valence electrons. The first kappa shape index (κ1) is 12.5. The zero-order valence-electron chi connectivity index (χ0n) is 10.2. The minimum absolute atomic E-state index is 0.188. The Morgan fingerprint density at radius 2 is 2.28 bits per heavy atom. The van der Waals surface area contributed by atoms with E-state index in [-0.39, 0.29) is 12.2 Å². The maximum atomic E-state index is 13.5. The first-order valence-corrected chi connectivity index (χ1v) is 5.47. The van der Waals surface area contributed by atoms with E-state index in [4.69, 9.17) is 4.74 Å². The van der Waals surface area contributed by atoms with Crippen LogP contribution in [0.3, 0.4) is 0 Å². The summed E-state index contributed by atoms with van der Waals surface area (Å²) in [6.07, 6.45) is 0.968. The number of benzene rings is 1. The van der Waals surface area contributed by atoms with Gasteiger partial charge in [-0.3, -0.25) is 0 Å². The molecule has 0 aliphatic heterocycles. The second-order valence-electron chi connectivity index (χ2n) is 3.95. The number of aromatic nitrogens is 3. The van der Waals surface area contributed by atoms with Crippen molar-refractivity contribution in [3.05, 3.63) is 41.5 Å². The van der Waals surface area contributed by atoms with E-state index in [0.29, 0.717) is 11.3 Å². The molecule has 0 aliphatic rings. The van der Waals surface area contributed by atoms with Gasteiger partial charge in [0.2, 0.25) is 0 Å². The number of ether oxygens (including phenoxy) is 1. The summed E-state index contributed by atoms with van der Waals surface area (Å²) in [5.41, 5.74) is 1.14. The SMILES string of the molecule is COc1ccc(CC(O)c2cnn(C)n2)cc1F. The molecule has 1 heterocycles. The molecule has 1 unspecified atom stereocenters. The number of halogens is 1. The van der Waals surface area contributed by atoms with Gasteiger partial charge in [-0.25, -0.2) is 4.39 Å². The number of methoxy groups -OCH3 is 1. The number of aliphatic hydroxyl groups is 1. The Hall–Kier alpha value is -1.95. The highest BCUT2D eigenvalue weighted by Crippen LogP contribution is 2.21. The Balaban J connectivity index is 2.12. The summed E-state index contributed by atoms with van der Waals surface area (Å²) in [7, 11) is 3.08. The first-order chi connectivity index (χ1) is 8.60. The number of rotatable bonds is 4. The molecule has 0 saturated carbocycles. The van der Waals surface area contributed by atoms with Crippen LogP contribution in [0.1, 0.15) is 17.4 Å². The molecule has 1 atom stereocenters. The number of hydrogen-bond donors (Lipinski definition) is 1. The van der Waals surface area contributed by atoms with Gasteiger partial charge < -0.3 is 9.84 Å². The summed E-state index contributed by atoms with van der Waals surface area (Å²) in [5.74, 6) is -0.255. The lowest BCUT2D eigenvalue weighted by atomic mass is 10.1. The summed E-state index contributed by atoms with van der Waals surface area (Å²) in [5, 5.41) is 17.8. The van der Waals surface area contributed by atoms with Gasteiger partial charge in [-0.05, 0) is 17.7 Å². The van der Waals surface area contributed by atoms with E-state index in [1.165, 1.54) is 30.2 Å². The molecule has 6 heteroatoms. The second-order valence-corrected chi connectivity index (χ2v) is 3.95. The predicted molar refractivity (Wildman–Crippen MR) is 62.6 cm³/mol. The molecule has 18 heavy (non-hydrogen) atoms. The normalized spacial score (nSPS) is 12.4. The van der Waals surface area contributed by atoms with Gasteiger partial charge in [0, 0.05) is 13.5 Å². The second kappa shape index (κ2) is 5.14. The third-order valence-corrected chi connectivity index (χ3v) is 2.60. The quantitative estimate of drug-likeness (QED) is 0.888. The molecule has 1 aromatic heterocycles.